The van der Waals surface area contributed by atoms with E-state index < -0.39 is 11.9 Å². The molecule has 0 spiro atoms. The van der Waals surface area contributed by atoms with Crippen molar-refractivity contribution in [2.24, 2.45) is 0 Å². The van der Waals surface area contributed by atoms with E-state index >= 15 is 0 Å². The Hall–Kier alpha value is -3.84. The van der Waals surface area contributed by atoms with Crippen LogP contribution in [-0.2, 0) is 28.5 Å². The van der Waals surface area contributed by atoms with Crippen molar-refractivity contribution < 1.29 is 47.6 Å². The first kappa shape index (κ1) is 36.6. The Morgan fingerprint density at radius 2 is 0.761 bits per heavy atom. The van der Waals surface area contributed by atoms with Crippen LogP contribution in [0.25, 0.3) is 0 Å². The van der Waals surface area contributed by atoms with Crippen molar-refractivity contribution in [1.82, 2.24) is 9.80 Å². The molecule has 3 rings (SSSR count). The number of carbonyl (C=O) groups is 4. The summed E-state index contributed by atoms with van der Waals surface area (Å²) in [5.74, 6) is -0.260. The molecule has 0 unspecified atom stereocenters. The van der Waals surface area contributed by atoms with Crippen molar-refractivity contribution in [3.8, 4) is 11.5 Å². The number of aryl methyl sites for hydroxylation is 4. The second-order valence-corrected chi connectivity index (χ2v) is 11.1. The van der Waals surface area contributed by atoms with Gasteiger partial charge in [-0.15, -0.1) is 0 Å². The first-order valence-corrected chi connectivity index (χ1v) is 15.5. The Morgan fingerprint density at radius 1 is 0.500 bits per heavy atom. The highest BCUT2D eigenvalue weighted by Gasteiger charge is 2.21. The molecular weight excluding hydrogens is 596 g/mol. The number of hydrogen-bond acceptors (Lipinski definition) is 10. The van der Waals surface area contributed by atoms with E-state index in [0.717, 1.165) is 0 Å². The maximum atomic E-state index is 13.5. The van der Waals surface area contributed by atoms with E-state index in [1.165, 1.54) is 13.8 Å². The van der Waals surface area contributed by atoms with Crippen LogP contribution in [0, 0.1) is 27.7 Å². The van der Waals surface area contributed by atoms with E-state index in [9.17, 15) is 19.2 Å². The average molecular weight is 643 g/mol. The second-order valence-electron chi connectivity index (χ2n) is 11.1. The van der Waals surface area contributed by atoms with Crippen LogP contribution in [0.1, 0.15) is 56.8 Å². The van der Waals surface area contributed by atoms with Gasteiger partial charge >= 0.3 is 11.9 Å². The van der Waals surface area contributed by atoms with Crippen LogP contribution in [0.5, 0.6) is 11.5 Å². The third-order valence-corrected chi connectivity index (χ3v) is 7.25. The minimum absolute atomic E-state index is 0.175. The molecule has 0 aliphatic carbocycles. The van der Waals surface area contributed by atoms with Crippen LogP contribution >= 0.6 is 0 Å². The molecule has 2 aromatic rings. The molecular formula is C34H46N2O10. The summed E-state index contributed by atoms with van der Waals surface area (Å²) in [5, 5.41) is 0. The van der Waals surface area contributed by atoms with E-state index in [0.29, 0.717) is 124 Å². The maximum absolute atomic E-state index is 13.5. The van der Waals surface area contributed by atoms with Gasteiger partial charge < -0.3 is 38.2 Å². The smallest absolute Gasteiger partial charge is 0.308 e. The van der Waals surface area contributed by atoms with Crippen molar-refractivity contribution in [2.45, 2.75) is 41.5 Å². The summed E-state index contributed by atoms with van der Waals surface area (Å²) in [7, 11) is 0. The summed E-state index contributed by atoms with van der Waals surface area (Å²) in [5.41, 5.74) is 3.77. The minimum atomic E-state index is -0.416. The average Bonchev–Trinajstić information content (AvgIpc) is 2.99. The SMILES string of the molecule is CC(=O)Oc1c(C)cc(C(=O)N2CCOCCOCCN(C(=O)c3cc(C)c(OC(C)=O)c(C)c3)CCOCCOCC2)cc1C. The summed E-state index contributed by atoms with van der Waals surface area (Å²) < 4.78 is 33.7. The molecule has 1 aliphatic rings. The molecule has 0 saturated carbocycles. The van der Waals surface area contributed by atoms with Crippen molar-refractivity contribution in [3.05, 3.63) is 57.6 Å². The Morgan fingerprint density at radius 3 is 1.00 bits per heavy atom. The highest BCUT2D eigenvalue weighted by molar-refractivity contribution is 5.95. The van der Waals surface area contributed by atoms with Gasteiger partial charge in [-0.1, -0.05) is 0 Å². The fourth-order valence-corrected chi connectivity index (χ4v) is 5.09. The largest absolute Gasteiger partial charge is 0.426 e. The summed E-state index contributed by atoms with van der Waals surface area (Å²) in [6, 6.07) is 6.88. The number of hydrogen-bond donors (Lipinski definition) is 0. The van der Waals surface area contributed by atoms with Gasteiger partial charge in [0, 0.05) is 51.2 Å². The molecule has 1 fully saturated rings. The first-order valence-electron chi connectivity index (χ1n) is 15.5. The van der Waals surface area contributed by atoms with Gasteiger partial charge in [-0.2, -0.15) is 0 Å². The molecule has 1 saturated heterocycles. The summed E-state index contributed by atoms with van der Waals surface area (Å²) in [4.78, 5) is 53.2. The molecule has 0 bridgehead atoms. The molecule has 12 heteroatoms. The zero-order valence-corrected chi connectivity index (χ0v) is 27.8. The van der Waals surface area contributed by atoms with E-state index in [-0.39, 0.29) is 11.8 Å². The fourth-order valence-electron chi connectivity index (χ4n) is 5.09. The van der Waals surface area contributed by atoms with E-state index in [1.807, 2.05) is 0 Å². The lowest BCUT2D eigenvalue weighted by atomic mass is 10.0. The lowest BCUT2D eigenvalue weighted by molar-refractivity contribution is -0.132. The molecule has 1 heterocycles. The maximum Gasteiger partial charge on any atom is 0.308 e. The molecule has 2 aromatic carbocycles. The van der Waals surface area contributed by atoms with Crippen LogP contribution in [0.15, 0.2) is 24.3 Å². The fraction of sp³-hybridized carbons (Fsp3) is 0.529. The predicted molar refractivity (Wildman–Crippen MR) is 170 cm³/mol. The van der Waals surface area contributed by atoms with E-state index in [1.54, 1.807) is 61.8 Å². The molecule has 0 aromatic heterocycles. The number of carbonyl (C=O) groups excluding carboxylic acids is 4. The minimum Gasteiger partial charge on any atom is -0.426 e. The van der Waals surface area contributed by atoms with Gasteiger partial charge in [-0.3, -0.25) is 19.2 Å². The number of rotatable bonds is 4. The quantitative estimate of drug-likeness (QED) is 0.361. The van der Waals surface area contributed by atoms with Crippen molar-refractivity contribution >= 4 is 23.8 Å². The predicted octanol–water partition coefficient (Wildman–Crippen LogP) is 3.44. The van der Waals surface area contributed by atoms with Crippen LogP contribution in [0.3, 0.4) is 0 Å². The highest BCUT2D eigenvalue weighted by atomic mass is 16.5. The van der Waals surface area contributed by atoms with Gasteiger partial charge in [0.2, 0.25) is 0 Å². The van der Waals surface area contributed by atoms with Gasteiger partial charge in [0.15, 0.2) is 0 Å². The summed E-state index contributed by atoms with van der Waals surface area (Å²) in [6.45, 7) is 13.8. The second kappa shape index (κ2) is 18.3. The van der Waals surface area contributed by atoms with Gasteiger partial charge in [-0.05, 0) is 74.2 Å². The Balaban J connectivity index is 1.59. The van der Waals surface area contributed by atoms with Crippen LogP contribution in [0.4, 0.5) is 0 Å². The number of benzene rings is 2. The van der Waals surface area contributed by atoms with Gasteiger partial charge in [-0.25, -0.2) is 0 Å². The Labute approximate surface area is 270 Å². The van der Waals surface area contributed by atoms with Crippen molar-refractivity contribution in [1.29, 1.82) is 0 Å². The topological polar surface area (TPSA) is 130 Å². The lowest BCUT2D eigenvalue weighted by Crippen LogP contribution is -2.38. The van der Waals surface area contributed by atoms with Crippen molar-refractivity contribution in [3.63, 3.8) is 0 Å². The van der Waals surface area contributed by atoms with Gasteiger partial charge in [0.25, 0.3) is 11.8 Å². The van der Waals surface area contributed by atoms with Crippen LogP contribution < -0.4 is 9.47 Å². The molecule has 12 nitrogen and oxygen atoms in total. The molecule has 1 aliphatic heterocycles. The van der Waals surface area contributed by atoms with Crippen LogP contribution in [0.2, 0.25) is 0 Å². The molecule has 0 radical (unpaired) electrons. The van der Waals surface area contributed by atoms with Crippen molar-refractivity contribution in [2.75, 3.05) is 79.0 Å². The van der Waals surface area contributed by atoms with Crippen LogP contribution in [-0.4, -0.2) is 113 Å². The van der Waals surface area contributed by atoms with Gasteiger partial charge in [0.05, 0.1) is 52.9 Å². The number of nitrogens with zero attached hydrogens (tertiary/aromatic N) is 2. The first-order chi connectivity index (χ1) is 22.0. The summed E-state index contributed by atoms with van der Waals surface area (Å²) >= 11 is 0. The van der Waals surface area contributed by atoms with E-state index in [2.05, 4.69) is 0 Å². The third kappa shape index (κ3) is 11.2. The number of ether oxygens (including phenoxy) is 6. The summed E-state index contributed by atoms with van der Waals surface area (Å²) in [6.07, 6.45) is 0. The van der Waals surface area contributed by atoms with Gasteiger partial charge in [0.1, 0.15) is 11.5 Å². The standard InChI is InChI=1S/C34H46N2O10/c1-23-19-29(20-24(2)31(23)45-27(5)37)33(39)35-7-11-41-15-17-43-13-9-36(10-14-44-18-16-42-12-8-35)34(40)30-21-25(3)32(26(4)22-30)46-28(6)38/h19-22H,7-18H2,1-6H3. The zero-order chi connectivity index (χ0) is 33.6. The molecule has 46 heavy (non-hydrogen) atoms. The molecule has 2 amide bonds. The molecule has 0 N–H and O–H groups in total. The van der Waals surface area contributed by atoms with E-state index in [4.69, 9.17) is 28.4 Å². The monoisotopic (exact) mass is 642 g/mol. The molecule has 0 atom stereocenters. The Kier molecular flexibility index (Phi) is 14.6. The third-order valence-electron chi connectivity index (χ3n) is 7.25. The normalized spacial score (nSPS) is 16.2. The number of esters is 2. The number of amides is 2. The Bertz CT molecular complexity index is 1210. The zero-order valence-electron chi connectivity index (χ0n) is 27.8. The lowest BCUT2D eigenvalue weighted by Gasteiger charge is -2.25. The molecule has 252 valence electrons. The highest BCUT2D eigenvalue weighted by Crippen LogP contribution is 2.27.